The molecule has 8 heteroatoms. The summed E-state index contributed by atoms with van der Waals surface area (Å²) in [6.45, 7) is 4.76. The molecule has 2 N–H and O–H groups in total. The van der Waals surface area contributed by atoms with Crippen molar-refractivity contribution in [1.82, 2.24) is 10.9 Å². The van der Waals surface area contributed by atoms with Crippen LogP contribution >= 0.6 is 11.6 Å². The van der Waals surface area contributed by atoms with Crippen molar-refractivity contribution >= 4 is 23.4 Å². The van der Waals surface area contributed by atoms with Crippen LogP contribution in [0.4, 0.5) is 0 Å². The molecule has 2 amide bonds. The highest BCUT2D eigenvalue weighted by molar-refractivity contribution is 6.32. The van der Waals surface area contributed by atoms with Gasteiger partial charge >= 0.3 is 5.91 Å². The number of nitrogens with one attached hydrogen (secondary N) is 2. The van der Waals surface area contributed by atoms with E-state index in [1.54, 1.807) is 6.07 Å². The van der Waals surface area contributed by atoms with Gasteiger partial charge in [-0.2, -0.15) is 0 Å². The lowest BCUT2D eigenvalue weighted by atomic mass is 10.2. The second-order valence-corrected chi connectivity index (χ2v) is 5.71. The first-order valence-corrected chi connectivity index (χ1v) is 8.67. The van der Waals surface area contributed by atoms with E-state index in [1.165, 1.54) is 24.5 Å². The Morgan fingerprint density at radius 3 is 2.58 bits per heavy atom. The van der Waals surface area contributed by atoms with Crippen molar-refractivity contribution in [2.45, 2.75) is 26.7 Å². The molecule has 0 atom stereocenters. The van der Waals surface area contributed by atoms with Gasteiger partial charge in [0.25, 0.3) is 5.91 Å². The van der Waals surface area contributed by atoms with E-state index in [2.05, 4.69) is 17.8 Å². The molecule has 2 aromatic rings. The summed E-state index contributed by atoms with van der Waals surface area (Å²) in [7, 11) is 0. The molecular weight excluding hydrogens is 360 g/mol. The Morgan fingerprint density at radius 2 is 1.92 bits per heavy atom. The fraction of sp³-hybridized carbons (Fsp3) is 0.333. The molecule has 0 aliphatic heterocycles. The zero-order valence-electron chi connectivity index (χ0n) is 14.6. The molecule has 0 saturated carbocycles. The van der Waals surface area contributed by atoms with Gasteiger partial charge in [0.2, 0.25) is 0 Å². The Bertz CT molecular complexity index is 746. The average molecular weight is 381 g/mol. The van der Waals surface area contributed by atoms with Crippen LogP contribution in [0.15, 0.2) is 34.9 Å². The van der Waals surface area contributed by atoms with Gasteiger partial charge < -0.3 is 13.9 Å². The summed E-state index contributed by atoms with van der Waals surface area (Å²) in [5.41, 5.74) is 4.79. The van der Waals surface area contributed by atoms with E-state index < -0.39 is 11.8 Å². The van der Waals surface area contributed by atoms with Gasteiger partial charge in [-0.3, -0.25) is 20.4 Å². The number of hydrazine groups is 1. The topological polar surface area (TPSA) is 89.8 Å². The standard InChI is InChI=1S/C18H21ClN2O5/c1-3-5-8-26-16-13(19)10-12(11-15(16)24-4-2)17(22)20-21-18(23)14-7-6-9-25-14/h6-7,9-11H,3-5,8H2,1-2H3,(H,20,22)(H,21,23). The van der Waals surface area contributed by atoms with Gasteiger partial charge in [0, 0.05) is 5.56 Å². The highest BCUT2D eigenvalue weighted by atomic mass is 35.5. The van der Waals surface area contributed by atoms with Crippen molar-refractivity contribution in [2.24, 2.45) is 0 Å². The largest absolute Gasteiger partial charge is 0.490 e. The van der Waals surface area contributed by atoms with Crippen molar-refractivity contribution in [3.8, 4) is 11.5 Å². The molecule has 1 heterocycles. The second kappa shape index (κ2) is 9.72. The fourth-order valence-electron chi connectivity index (χ4n) is 2.08. The van der Waals surface area contributed by atoms with Gasteiger partial charge in [-0.15, -0.1) is 0 Å². The van der Waals surface area contributed by atoms with E-state index >= 15 is 0 Å². The zero-order chi connectivity index (χ0) is 18.9. The summed E-state index contributed by atoms with van der Waals surface area (Å²) >= 11 is 6.25. The number of amides is 2. The van der Waals surface area contributed by atoms with Crippen LogP contribution < -0.4 is 20.3 Å². The lowest BCUT2D eigenvalue weighted by molar-refractivity contribution is 0.0830. The molecule has 0 fully saturated rings. The van der Waals surface area contributed by atoms with Crippen molar-refractivity contribution in [1.29, 1.82) is 0 Å². The van der Waals surface area contributed by atoms with Crippen LogP contribution in [-0.2, 0) is 0 Å². The van der Waals surface area contributed by atoms with Gasteiger partial charge in [0.15, 0.2) is 17.3 Å². The summed E-state index contributed by atoms with van der Waals surface area (Å²) in [5, 5.41) is 0.259. The van der Waals surface area contributed by atoms with E-state index in [4.69, 9.17) is 25.5 Å². The summed E-state index contributed by atoms with van der Waals surface area (Å²) in [5.74, 6) is -0.262. The SMILES string of the molecule is CCCCOc1c(Cl)cc(C(=O)NNC(=O)c2ccco2)cc1OCC. The third kappa shape index (κ3) is 5.16. The van der Waals surface area contributed by atoms with Crippen molar-refractivity contribution in [2.75, 3.05) is 13.2 Å². The lowest BCUT2D eigenvalue weighted by Crippen LogP contribution is -2.41. The zero-order valence-corrected chi connectivity index (χ0v) is 15.4. The lowest BCUT2D eigenvalue weighted by Gasteiger charge is -2.15. The van der Waals surface area contributed by atoms with E-state index in [0.717, 1.165) is 12.8 Å². The van der Waals surface area contributed by atoms with Crippen LogP contribution in [0.1, 0.15) is 47.6 Å². The molecule has 1 aromatic heterocycles. The Balaban J connectivity index is 2.09. The van der Waals surface area contributed by atoms with Gasteiger partial charge in [-0.05, 0) is 37.6 Å². The predicted octanol–water partition coefficient (Wildman–Crippen LogP) is 3.59. The quantitative estimate of drug-likeness (QED) is 0.539. The third-order valence-electron chi connectivity index (χ3n) is 3.35. The molecule has 26 heavy (non-hydrogen) atoms. The van der Waals surface area contributed by atoms with Crippen LogP contribution in [0, 0.1) is 0 Å². The minimum Gasteiger partial charge on any atom is -0.490 e. The highest BCUT2D eigenvalue weighted by Crippen LogP contribution is 2.36. The summed E-state index contributed by atoms with van der Waals surface area (Å²) in [4.78, 5) is 24.1. The Hall–Kier alpha value is -2.67. The van der Waals surface area contributed by atoms with E-state index in [0.29, 0.717) is 24.7 Å². The number of rotatable bonds is 8. The number of carbonyl (C=O) groups is 2. The van der Waals surface area contributed by atoms with Crippen molar-refractivity contribution in [3.05, 3.63) is 46.9 Å². The molecule has 140 valence electrons. The number of furan rings is 1. The van der Waals surface area contributed by atoms with Crippen LogP contribution in [0.3, 0.4) is 0 Å². The third-order valence-corrected chi connectivity index (χ3v) is 3.63. The number of hydrogen-bond donors (Lipinski definition) is 2. The number of carbonyl (C=O) groups excluding carboxylic acids is 2. The number of ether oxygens (including phenoxy) is 2. The first-order valence-electron chi connectivity index (χ1n) is 8.30. The van der Waals surface area contributed by atoms with E-state index in [1.807, 2.05) is 6.92 Å². The van der Waals surface area contributed by atoms with Crippen molar-refractivity contribution in [3.63, 3.8) is 0 Å². The Kier molecular flexibility index (Phi) is 7.35. The second-order valence-electron chi connectivity index (χ2n) is 5.31. The minimum atomic E-state index is -0.570. The van der Waals surface area contributed by atoms with Gasteiger partial charge in [0.05, 0.1) is 24.5 Å². The monoisotopic (exact) mass is 380 g/mol. The Morgan fingerprint density at radius 1 is 1.15 bits per heavy atom. The molecule has 0 aliphatic carbocycles. The molecule has 1 aromatic carbocycles. The number of benzene rings is 1. The molecule has 0 saturated heterocycles. The molecule has 2 rings (SSSR count). The summed E-state index contributed by atoms with van der Waals surface area (Å²) in [6, 6.07) is 6.03. The maximum atomic E-state index is 12.3. The van der Waals surface area contributed by atoms with Gasteiger partial charge in [-0.25, -0.2) is 0 Å². The molecule has 0 spiro atoms. The first kappa shape index (κ1) is 19.7. The normalized spacial score (nSPS) is 10.3. The van der Waals surface area contributed by atoms with E-state index in [9.17, 15) is 9.59 Å². The molecule has 0 radical (unpaired) electrons. The molecular formula is C18H21ClN2O5. The maximum Gasteiger partial charge on any atom is 0.305 e. The summed E-state index contributed by atoms with van der Waals surface area (Å²) in [6.07, 6.45) is 3.22. The number of halogens is 1. The summed E-state index contributed by atoms with van der Waals surface area (Å²) < 4.78 is 16.1. The predicted molar refractivity (Wildman–Crippen MR) is 96.7 cm³/mol. The van der Waals surface area contributed by atoms with E-state index in [-0.39, 0.29) is 16.3 Å². The van der Waals surface area contributed by atoms with Crippen LogP contribution in [-0.4, -0.2) is 25.0 Å². The molecule has 0 bridgehead atoms. The number of hydrogen-bond acceptors (Lipinski definition) is 5. The fourth-order valence-corrected chi connectivity index (χ4v) is 2.34. The van der Waals surface area contributed by atoms with Crippen LogP contribution in [0.5, 0.6) is 11.5 Å². The molecule has 0 aliphatic rings. The molecule has 7 nitrogen and oxygen atoms in total. The van der Waals surface area contributed by atoms with Gasteiger partial charge in [-0.1, -0.05) is 24.9 Å². The Labute approximate surface area is 156 Å². The molecule has 0 unspecified atom stereocenters. The van der Waals surface area contributed by atoms with Crippen LogP contribution in [0.2, 0.25) is 5.02 Å². The average Bonchev–Trinajstić information content (AvgIpc) is 3.16. The minimum absolute atomic E-state index is 0.0815. The maximum absolute atomic E-state index is 12.3. The van der Waals surface area contributed by atoms with Crippen molar-refractivity contribution < 1.29 is 23.5 Å². The smallest absolute Gasteiger partial charge is 0.305 e. The van der Waals surface area contributed by atoms with Gasteiger partial charge in [0.1, 0.15) is 0 Å². The van der Waals surface area contributed by atoms with Crippen LogP contribution in [0.25, 0.3) is 0 Å². The number of unbranched alkanes of at least 4 members (excludes halogenated alkanes) is 1. The first-order chi connectivity index (χ1) is 12.6. The highest BCUT2D eigenvalue weighted by Gasteiger charge is 2.17.